The van der Waals surface area contributed by atoms with E-state index in [-0.39, 0.29) is 12.5 Å². The summed E-state index contributed by atoms with van der Waals surface area (Å²) < 4.78 is 0. The van der Waals surface area contributed by atoms with Crippen LogP contribution in [0.4, 0.5) is 0 Å². The van der Waals surface area contributed by atoms with Crippen molar-refractivity contribution >= 4 is 5.91 Å². The summed E-state index contributed by atoms with van der Waals surface area (Å²) in [5.41, 5.74) is 1.40. The van der Waals surface area contributed by atoms with Crippen molar-refractivity contribution in [1.29, 1.82) is 0 Å². The molecule has 4 nitrogen and oxygen atoms in total. The Hall–Kier alpha value is -1.42. The van der Waals surface area contributed by atoms with Crippen molar-refractivity contribution in [2.45, 2.75) is 32.2 Å². The number of carbonyl (C=O) groups is 1. The van der Waals surface area contributed by atoms with Gasteiger partial charge in [0.1, 0.15) is 0 Å². The molecule has 0 saturated heterocycles. The number of hydrogen-bond donors (Lipinski definition) is 1. The molecule has 1 aromatic heterocycles. The van der Waals surface area contributed by atoms with Gasteiger partial charge in [-0.25, -0.2) is 0 Å². The summed E-state index contributed by atoms with van der Waals surface area (Å²) in [6, 6.07) is 3.88. The van der Waals surface area contributed by atoms with Crippen LogP contribution in [0.25, 0.3) is 0 Å². The maximum absolute atomic E-state index is 12.4. The first-order chi connectivity index (χ1) is 8.24. The average molecular weight is 234 g/mol. The van der Waals surface area contributed by atoms with Crippen molar-refractivity contribution in [2.75, 3.05) is 13.2 Å². The maximum Gasteiger partial charge on any atom is 0.256 e. The van der Waals surface area contributed by atoms with E-state index in [9.17, 15) is 4.79 Å². The average Bonchev–Trinajstić information content (AvgIpc) is 2.26. The molecular weight excluding hydrogens is 216 g/mol. The first kappa shape index (κ1) is 12.0. The second-order valence-electron chi connectivity index (χ2n) is 4.44. The highest BCUT2D eigenvalue weighted by atomic mass is 16.3. The topological polar surface area (TPSA) is 53.4 Å². The lowest BCUT2D eigenvalue weighted by Crippen LogP contribution is -2.45. The van der Waals surface area contributed by atoms with Gasteiger partial charge in [-0.1, -0.05) is 0 Å². The van der Waals surface area contributed by atoms with Crippen molar-refractivity contribution in [1.82, 2.24) is 9.88 Å². The Morgan fingerprint density at radius 3 is 2.88 bits per heavy atom. The molecular formula is C13H18N2O2. The summed E-state index contributed by atoms with van der Waals surface area (Å²) in [5.74, 6) is -0.00523. The third kappa shape index (κ3) is 2.47. The number of amides is 1. The van der Waals surface area contributed by atoms with Gasteiger partial charge in [-0.3, -0.25) is 9.78 Å². The zero-order valence-corrected chi connectivity index (χ0v) is 10.1. The molecule has 0 bridgehead atoms. The van der Waals surface area contributed by atoms with Crippen LogP contribution >= 0.6 is 0 Å². The Bertz CT molecular complexity index is 402. The smallest absolute Gasteiger partial charge is 0.256 e. The summed E-state index contributed by atoms with van der Waals surface area (Å²) in [4.78, 5) is 18.3. The molecule has 0 aliphatic heterocycles. The number of aryl methyl sites for hydroxylation is 1. The van der Waals surface area contributed by atoms with Gasteiger partial charge in [0.05, 0.1) is 12.2 Å². The number of aromatic nitrogens is 1. The van der Waals surface area contributed by atoms with E-state index in [0.29, 0.717) is 18.2 Å². The molecule has 1 amide bonds. The van der Waals surface area contributed by atoms with E-state index in [1.807, 2.05) is 6.92 Å². The molecule has 17 heavy (non-hydrogen) atoms. The lowest BCUT2D eigenvalue weighted by atomic mass is 9.91. The molecule has 1 saturated carbocycles. The molecule has 92 valence electrons. The Kier molecular flexibility index (Phi) is 3.74. The van der Waals surface area contributed by atoms with Crippen molar-refractivity contribution in [3.05, 3.63) is 29.6 Å². The molecule has 2 rings (SSSR count). The van der Waals surface area contributed by atoms with E-state index in [1.165, 1.54) is 6.42 Å². The van der Waals surface area contributed by atoms with Crippen molar-refractivity contribution in [3.63, 3.8) is 0 Å². The SMILES string of the molecule is Cc1ncccc1C(=O)N(CCO)C1CCC1. The summed E-state index contributed by atoms with van der Waals surface area (Å²) in [6.07, 6.45) is 4.95. The van der Waals surface area contributed by atoms with Gasteiger partial charge in [0.2, 0.25) is 0 Å². The van der Waals surface area contributed by atoms with Crippen molar-refractivity contribution < 1.29 is 9.90 Å². The first-order valence-electron chi connectivity index (χ1n) is 6.07. The van der Waals surface area contributed by atoms with Crippen molar-refractivity contribution in [3.8, 4) is 0 Å². The predicted octanol–water partition coefficient (Wildman–Crippen LogP) is 1.38. The van der Waals surface area contributed by atoms with E-state index < -0.39 is 0 Å². The molecule has 0 unspecified atom stereocenters. The molecule has 4 heteroatoms. The van der Waals surface area contributed by atoms with Crippen LogP contribution in [-0.2, 0) is 0 Å². The normalized spacial score (nSPS) is 15.4. The van der Waals surface area contributed by atoms with Crippen LogP contribution in [0, 0.1) is 6.92 Å². The van der Waals surface area contributed by atoms with Gasteiger partial charge < -0.3 is 10.0 Å². The van der Waals surface area contributed by atoms with Crippen LogP contribution in [0.2, 0.25) is 0 Å². The van der Waals surface area contributed by atoms with Gasteiger partial charge in [-0.2, -0.15) is 0 Å². The number of pyridine rings is 1. The summed E-state index contributed by atoms with van der Waals surface area (Å²) in [5, 5.41) is 9.06. The minimum Gasteiger partial charge on any atom is -0.395 e. The lowest BCUT2D eigenvalue weighted by molar-refractivity contribution is 0.0524. The second-order valence-corrected chi connectivity index (χ2v) is 4.44. The molecule has 0 spiro atoms. The lowest BCUT2D eigenvalue weighted by Gasteiger charge is -2.37. The summed E-state index contributed by atoms with van der Waals surface area (Å²) in [6.45, 7) is 2.27. The van der Waals surface area contributed by atoms with Crippen molar-refractivity contribution in [2.24, 2.45) is 0 Å². The van der Waals surface area contributed by atoms with Crippen LogP contribution in [0.5, 0.6) is 0 Å². The number of carbonyl (C=O) groups excluding carboxylic acids is 1. The number of nitrogens with zero attached hydrogens (tertiary/aromatic N) is 2. The third-order valence-electron chi connectivity index (χ3n) is 3.35. The zero-order chi connectivity index (χ0) is 12.3. The molecule has 1 aromatic rings. The molecule has 1 aliphatic rings. The standard InChI is InChI=1S/C13H18N2O2/c1-10-12(6-3-7-14-10)13(17)15(8-9-16)11-4-2-5-11/h3,6-7,11,16H,2,4-5,8-9H2,1H3. The third-order valence-corrected chi connectivity index (χ3v) is 3.35. The molecule has 0 aromatic carbocycles. The Morgan fingerprint density at radius 1 is 1.59 bits per heavy atom. The van der Waals surface area contributed by atoms with Crippen LogP contribution in [-0.4, -0.2) is 40.1 Å². The fourth-order valence-corrected chi connectivity index (χ4v) is 2.12. The highest BCUT2D eigenvalue weighted by molar-refractivity contribution is 5.95. The summed E-state index contributed by atoms with van der Waals surface area (Å²) in [7, 11) is 0. The van der Waals surface area contributed by atoms with Gasteiger partial charge in [-0.15, -0.1) is 0 Å². The van der Waals surface area contributed by atoms with E-state index in [2.05, 4.69) is 4.98 Å². The zero-order valence-electron chi connectivity index (χ0n) is 10.1. The Morgan fingerprint density at radius 2 is 2.35 bits per heavy atom. The number of aliphatic hydroxyl groups is 1. The molecule has 1 aliphatic carbocycles. The number of aliphatic hydroxyl groups excluding tert-OH is 1. The Labute approximate surface area is 101 Å². The quantitative estimate of drug-likeness (QED) is 0.856. The van der Waals surface area contributed by atoms with Gasteiger partial charge in [0.15, 0.2) is 0 Å². The van der Waals surface area contributed by atoms with E-state index in [1.54, 1.807) is 23.2 Å². The fourth-order valence-electron chi connectivity index (χ4n) is 2.12. The van der Waals surface area contributed by atoms with Crippen LogP contribution in [0.1, 0.15) is 35.3 Å². The predicted molar refractivity (Wildman–Crippen MR) is 64.7 cm³/mol. The molecule has 1 heterocycles. The highest BCUT2D eigenvalue weighted by Crippen LogP contribution is 2.26. The molecule has 0 radical (unpaired) electrons. The van der Waals surface area contributed by atoms with Gasteiger partial charge in [0, 0.05) is 24.5 Å². The minimum atomic E-state index is -0.00523. The van der Waals surface area contributed by atoms with Crippen LogP contribution in [0.15, 0.2) is 18.3 Å². The van der Waals surface area contributed by atoms with E-state index in [0.717, 1.165) is 18.5 Å². The number of hydrogen-bond acceptors (Lipinski definition) is 3. The second kappa shape index (κ2) is 5.27. The van der Waals surface area contributed by atoms with E-state index in [4.69, 9.17) is 5.11 Å². The maximum atomic E-state index is 12.4. The monoisotopic (exact) mass is 234 g/mol. The van der Waals surface area contributed by atoms with Gasteiger partial charge >= 0.3 is 0 Å². The Balaban J connectivity index is 2.18. The molecule has 1 fully saturated rings. The minimum absolute atomic E-state index is 0.00523. The fraction of sp³-hybridized carbons (Fsp3) is 0.538. The van der Waals surface area contributed by atoms with Gasteiger partial charge in [0.25, 0.3) is 5.91 Å². The largest absolute Gasteiger partial charge is 0.395 e. The van der Waals surface area contributed by atoms with E-state index >= 15 is 0 Å². The summed E-state index contributed by atoms with van der Waals surface area (Å²) >= 11 is 0. The highest BCUT2D eigenvalue weighted by Gasteiger charge is 2.29. The van der Waals surface area contributed by atoms with Gasteiger partial charge in [-0.05, 0) is 38.3 Å². The first-order valence-corrected chi connectivity index (χ1v) is 6.07. The van der Waals surface area contributed by atoms with Crippen LogP contribution < -0.4 is 0 Å². The molecule has 1 N–H and O–H groups in total. The number of rotatable bonds is 4. The van der Waals surface area contributed by atoms with Crippen LogP contribution in [0.3, 0.4) is 0 Å². The molecule has 0 atom stereocenters.